The molecule has 0 bridgehead atoms. The summed E-state index contributed by atoms with van der Waals surface area (Å²) in [5, 5.41) is 15.1. The molecule has 0 aliphatic heterocycles. The van der Waals surface area contributed by atoms with Gasteiger partial charge in [-0.25, -0.2) is 0 Å². The first-order valence-corrected chi connectivity index (χ1v) is 6.65. The molecule has 1 radical (unpaired) electrons. The van der Waals surface area contributed by atoms with Crippen LogP contribution in [0.15, 0.2) is 66.7 Å². The molecular formula is C17H15BNO. The zero-order valence-corrected chi connectivity index (χ0v) is 11.1. The van der Waals surface area contributed by atoms with E-state index in [0.29, 0.717) is 6.54 Å². The number of rotatable bonds is 4. The molecule has 0 saturated carbocycles. The average molecular weight is 260 g/mol. The Morgan fingerprint density at radius 2 is 1.60 bits per heavy atom. The van der Waals surface area contributed by atoms with Gasteiger partial charge in [0.05, 0.1) is 0 Å². The van der Waals surface area contributed by atoms with Crippen molar-refractivity contribution >= 4 is 29.4 Å². The zero-order chi connectivity index (χ0) is 13.8. The van der Waals surface area contributed by atoms with E-state index in [1.165, 1.54) is 10.8 Å². The van der Waals surface area contributed by atoms with Crippen molar-refractivity contribution in [3.05, 3.63) is 72.3 Å². The molecule has 0 atom stereocenters. The lowest BCUT2D eigenvalue weighted by Gasteiger charge is -2.12. The van der Waals surface area contributed by atoms with Crippen LogP contribution in [0.5, 0.6) is 0 Å². The van der Waals surface area contributed by atoms with Crippen molar-refractivity contribution in [2.24, 2.45) is 0 Å². The lowest BCUT2D eigenvalue weighted by Crippen LogP contribution is -2.20. The van der Waals surface area contributed by atoms with Crippen LogP contribution in [0.2, 0.25) is 0 Å². The molecule has 0 heterocycles. The summed E-state index contributed by atoms with van der Waals surface area (Å²) in [6.45, 7) is 0.682. The van der Waals surface area contributed by atoms with Crippen molar-refractivity contribution in [3.63, 3.8) is 0 Å². The summed E-state index contributed by atoms with van der Waals surface area (Å²) in [5.41, 5.74) is 3.03. The van der Waals surface area contributed by atoms with E-state index in [2.05, 4.69) is 35.6 Å². The van der Waals surface area contributed by atoms with Crippen LogP contribution in [0.3, 0.4) is 0 Å². The normalized spacial score (nSPS) is 10.4. The maximum Gasteiger partial charge on any atom is 0.327 e. The average Bonchev–Trinajstić information content (AvgIpc) is 2.53. The number of hydrogen-bond donors (Lipinski definition) is 2. The Morgan fingerprint density at radius 1 is 0.850 bits per heavy atom. The summed E-state index contributed by atoms with van der Waals surface area (Å²) in [5.74, 6) is 0. The molecule has 0 saturated heterocycles. The molecule has 0 aromatic heterocycles. The van der Waals surface area contributed by atoms with Gasteiger partial charge in [0.1, 0.15) is 0 Å². The fourth-order valence-corrected chi connectivity index (χ4v) is 2.39. The SMILES string of the molecule is O[B]c1ccccc1CNc1cccc2ccccc12. The van der Waals surface area contributed by atoms with E-state index in [0.717, 1.165) is 24.2 Å². The Hall–Kier alpha value is -2.26. The van der Waals surface area contributed by atoms with Gasteiger partial charge in [-0.05, 0) is 22.5 Å². The second-order valence-corrected chi connectivity index (χ2v) is 4.71. The summed E-state index contributed by atoms with van der Waals surface area (Å²) in [6, 6.07) is 22.4. The second kappa shape index (κ2) is 5.80. The lowest BCUT2D eigenvalue weighted by molar-refractivity contribution is 0.615. The fourth-order valence-electron chi connectivity index (χ4n) is 2.39. The van der Waals surface area contributed by atoms with Crippen molar-refractivity contribution in [3.8, 4) is 0 Å². The van der Waals surface area contributed by atoms with E-state index in [1.807, 2.05) is 36.4 Å². The summed E-state index contributed by atoms with van der Waals surface area (Å²) in [7, 11) is 1.15. The molecule has 0 spiro atoms. The van der Waals surface area contributed by atoms with Crippen LogP contribution >= 0.6 is 0 Å². The van der Waals surface area contributed by atoms with Gasteiger partial charge in [-0.2, -0.15) is 0 Å². The monoisotopic (exact) mass is 260 g/mol. The molecule has 97 valence electrons. The third-order valence-electron chi connectivity index (χ3n) is 3.45. The highest BCUT2D eigenvalue weighted by molar-refractivity contribution is 6.46. The molecule has 0 aliphatic rings. The molecule has 20 heavy (non-hydrogen) atoms. The van der Waals surface area contributed by atoms with Crippen LogP contribution in [-0.4, -0.2) is 12.5 Å². The van der Waals surface area contributed by atoms with E-state index < -0.39 is 0 Å². The molecule has 0 fully saturated rings. The van der Waals surface area contributed by atoms with Gasteiger partial charge in [0.25, 0.3) is 0 Å². The Morgan fingerprint density at radius 3 is 2.50 bits per heavy atom. The topological polar surface area (TPSA) is 32.3 Å². The van der Waals surface area contributed by atoms with Crippen LogP contribution in [0.1, 0.15) is 5.56 Å². The number of hydrogen-bond acceptors (Lipinski definition) is 2. The maximum absolute atomic E-state index is 9.23. The molecule has 3 heteroatoms. The molecule has 3 rings (SSSR count). The van der Waals surface area contributed by atoms with Crippen molar-refractivity contribution in [2.75, 3.05) is 5.32 Å². The van der Waals surface area contributed by atoms with E-state index >= 15 is 0 Å². The Balaban J connectivity index is 1.87. The first-order valence-electron chi connectivity index (χ1n) is 6.65. The van der Waals surface area contributed by atoms with Crippen LogP contribution in [0.25, 0.3) is 10.8 Å². The number of fused-ring (bicyclic) bond motifs is 1. The van der Waals surface area contributed by atoms with Crippen molar-refractivity contribution < 1.29 is 5.02 Å². The lowest BCUT2D eigenvalue weighted by atomic mass is 9.84. The van der Waals surface area contributed by atoms with Crippen LogP contribution in [0.4, 0.5) is 5.69 Å². The summed E-state index contributed by atoms with van der Waals surface area (Å²) in [4.78, 5) is 0. The second-order valence-electron chi connectivity index (χ2n) is 4.71. The molecule has 2 nitrogen and oxygen atoms in total. The summed E-state index contributed by atoms with van der Waals surface area (Å²) in [6.07, 6.45) is 0. The van der Waals surface area contributed by atoms with Crippen molar-refractivity contribution in [1.29, 1.82) is 0 Å². The van der Waals surface area contributed by atoms with E-state index in [1.54, 1.807) is 0 Å². The molecule has 3 aromatic rings. The largest absolute Gasteiger partial charge is 0.450 e. The van der Waals surface area contributed by atoms with Crippen LogP contribution in [-0.2, 0) is 6.54 Å². The predicted molar refractivity (Wildman–Crippen MR) is 85.3 cm³/mol. The highest BCUT2D eigenvalue weighted by Gasteiger charge is 2.03. The van der Waals surface area contributed by atoms with Gasteiger partial charge in [-0.1, -0.05) is 60.7 Å². The number of benzene rings is 3. The first kappa shape index (κ1) is 12.8. The van der Waals surface area contributed by atoms with Gasteiger partial charge < -0.3 is 10.3 Å². The standard InChI is InChI=1S/C17H15BNO/c20-18-16-10-4-2-7-14(16)12-19-17-11-5-8-13-6-1-3-9-15(13)17/h1-11,19-20H,12H2. The predicted octanol–water partition coefficient (Wildman–Crippen LogP) is 2.69. The Kier molecular flexibility index (Phi) is 3.70. The molecule has 0 unspecified atom stereocenters. The minimum Gasteiger partial charge on any atom is -0.450 e. The van der Waals surface area contributed by atoms with E-state index in [4.69, 9.17) is 0 Å². The van der Waals surface area contributed by atoms with E-state index in [-0.39, 0.29) is 0 Å². The zero-order valence-electron chi connectivity index (χ0n) is 11.1. The quantitative estimate of drug-likeness (QED) is 0.707. The Bertz CT molecular complexity index is 722. The third kappa shape index (κ3) is 2.54. The van der Waals surface area contributed by atoms with Gasteiger partial charge >= 0.3 is 7.48 Å². The van der Waals surface area contributed by atoms with Gasteiger partial charge in [-0.3, -0.25) is 0 Å². The third-order valence-corrected chi connectivity index (χ3v) is 3.45. The molecule has 2 N–H and O–H groups in total. The fraction of sp³-hybridized carbons (Fsp3) is 0.0588. The van der Waals surface area contributed by atoms with Gasteiger partial charge in [0.2, 0.25) is 0 Å². The number of anilines is 1. The van der Waals surface area contributed by atoms with Gasteiger partial charge in [0.15, 0.2) is 0 Å². The molecule has 3 aromatic carbocycles. The van der Waals surface area contributed by atoms with Gasteiger partial charge in [0, 0.05) is 17.6 Å². The molecule has 0 amide bonds. The molecular weight excluding hydrogens is 245 g/mol. The minimum atomic E-state index is 0.682. The smallest absolute Gasteiger partial charge is 0.327 e. The van der Waals surface area contributed by atoms with E-state index in [9.17, 15) is 5.02 Å². The Labute approximate surface area is 119 Å². The summed E-state index contributed by atoms with van der Waals surface area (Å²) >= 11 is 0. The van der Waals surface area contributed by atoms with Crippen LogP contribution in [0, 0.1) is 0 Å². The minimum absolute atomic E-state index is 0.682. The highest BCUT2D eigenvalue weighted by atomic mass is 16.2. The highest BCUT2D eigenvalue weighted by Crippen LogP contribution is 2.23. The first-order chi connectivity index (χ1) is 9.88. The van der Waals surface area contributed by atoms with Crippen molar-refractivity contribution in [1.82, 2.24) is 0 Å². The van der Waals surface area contributed by atoms with Gasteiger partial charge in [-0.15, -0.1) is 0 Å². The molecule has 0 aliphatic carbocycles. The van der Waals surface area contributed by atoms with Crippen molar-refractivity contribution in [2.45, 2.75) is 6.54 Å². The summed E-state index contributed by atoms with van der Waals surface area (Å²) < 4.78 is 0. The number of nitrogens with one attached hydrogen (secondary N) is 1. The maximum atomic E-state index is 9.23. The van der Waals surface area contributed by atoms with Crippen LogP contribution < -0.4 is 10.8 Å².